The molecule has 0 fully saturated rings. The van der Waals surface area contributed by atoms with Gasteiger partial charge in [-0.25, -0.2) is 14.3 Å². The van der Waals surface area contributed by atoms with Gasteiger partial charge in [-0.2, -0.15) is 5.10 Å². The van der Waals surface area contributed by atoms with Crippen LogP contribution in [-0.2, 0) is 17.7 Å². The van der Waals surface area contributed by atoms with E-state index in [1.54, 1.807) is 16.8 Å². The Morgan fingerprint density at radius 2 is 1.91 bits per heavy atom. The number of fused-ring (bicyclic) bond motifs is 3. The number of pyridine rings is 2. The van der Waals surface area contributed by atoms with Crippen LogP contribution in [0.4, 0.5) is 0 Å². The van der Waals surface area contributed by atoms with E-state index in [0.29, 0.717) is 23.3 Å². The normalized spacial score (nSPS) is 11.3. The first-order valence-corrected chi connectivity index (χ1v) is 11.5. The third-order valence-electron chi connectivity index (χ3n) is 5.68. The fourth-order valence-electron chi connectivity index (χ4n) is 4.08. The second kappa shape index (κ2) is 8.83. The highest BCUT2D eigenvalue weighted by molar-refractivity contribution is 9.10. The number of benzene rings is 1. The largest absolute Gasteiger partial charge is 0.465 e. The van der Waals surface area contributed by atoms with Crippen molar-refractivity contribution in [2.24, 2.45) is 0 Å². The summed E-state index contributed by atoms with van der Waals surface area (Å²) >= 11 is 3.47. The summed E-state index contributed by atoms with van der Waals surface area (Å²) in [6.45, 7) is 2.22. The lowest BCUT2D eigenvalue weighted by Crippen LogP contribution is -2.24. The van der Waals surface area contributed by atoms with Crippen molar-refractivity contribution in [3.63, 3.8) is 0 Å². The summed E-state index contributed by atoms with van der Waals surface area (Å²) in [5, 5.41) is 5.04. The number of hydrogen-bond acceptors (Lipinski definition) is 6. The molecule has 0 saturated carbocycles. The zero-order valence-corrected chi connectivity index (χ0v) is 20.1. The van der Waals surface area contributed by atoms with E-state index in [2.05, 4.69) is 25.9 Å². The number of nitrogens with zero attached hydrogens (tertiary/aromatic N) is 5. The van der Waals surface area contributed by atoms with Gasteiger partial charge in [0, 0.05) is 28.6 Å². The van der Waals surface area contributed by atoms with Crippen molar-refractivity contribution in [2.75, 3.05) is 7.11 Å². The van der Waals surface area contributed by atoms with E-state index in [1.807, 2.05) is 43.3 Å². The van der Waals surface area contributed by atoms with Gasteiger partial charge in [0.1, 0.15) is 5.56 Å². The summed E-state index contributed by atoms with van der Waals surface area (Å²) in [4.78, 5) is 35.2. The second-order valence-corrected chi connectivity index (χ2v) is 8.64. The van der Waals surface area contributed by atoms with E-state index in [9.17, 15) is 9.59 Å². The maximum Gasteiger partial charge on any atom is 0.341 e. The van der Waals surface area contributed by atoms with Gasteiger partial charge in [0.05, 0.1) is 35.9 Å². The molecule has 170 valence electrons. The second-order valence-electron chi connectivity index (χ2n) is 7.73. The van der Waals surface area contributed by atoms with Gasteiger partial charge >= 0.3 is 5.97 Å². The van der Waals surface area contributed by atoms with Crippen LogP contribution >= 0.6 is 15.9 Å². The van der Waals surface area contributed by atoms with Gasteiger partial charge in [-0.05, 0) is 36.2 Å². The van der Waals surface area contributed by atoms with Crippen molar-refractivity contribution in [3.05, 3.63) is 92.8 Å². The standard InChI is InChI=1S/C25H20BrN5O3/c1-3-20-21(15-7-9-16(26)10-8-15)23-28-12-18-22(31(23)29-20)19(25(33)34-2)14-30(24(18)32)13-17-6-4-5-11-27-17/h4-12,14H,3,13H2,1-2H3. The minimum absolute atomic E-state index is 0.209. The summed E-state index contributed by atoms with van der Waals surface area (Å²) < 4.78 is 9.06. The Hall–Kier alpha value is -3.85. The van der Waals surface area contributed by atoms with Crippen molar-refractivity contribution in [3.8, 4) is 11.1 Å². The molecule has 0 amide bonds. The predicted molar refractivity (Wildman–Crippen MR) is 132 cm³/mol. The highest BCUT2D eigenvalue weighted by Crippen LogP contribution is 2.31. The predicted octanol–water partition coefficient (Wildman–Crippen LogP) is 4.27. The number of ether oxygens (including phenoxy) is 1. The molecule has 0 saturated heterocycles. The number of carbonyl (C=O) groups excluding carboxylic acids is 1. The molecule has 5 aromatic rings. The van der Waals surface area contributed by atoms with Crippen molar-refractivity contribution < 1.29 is 9.53 Å². The van der Waals surface area contributed by atoms with Crippen molar-refractivity contribution in [2.45, 2.75) is 19.9 Å². The van der Waals surface area contributed by atoms with Gasteiger partial charge < -0.3 is 9.30 Å². The van der Waals surface area contributed by atoms with E-state index < -0.39 is 5.97 Å². The molecule has 0 bridgehead atoms. The maximum absolute atomic E-state index is 13.4. The minimum Gasteiger partial charge on any atom is -0.465 e. The first-order chi connectivity index (χ1) is 16.5. The molecule has 5 rings (SSSR count). The van der Waals surface area contributed by atoms with Crippen LogP contribution in [0.2, 0.25) is 0 Å². The highest BCUT2D eigenvalue weighted by atomic mass is 79.9. The molecule has 4 aromatic heterocycles. The Balaban J connectivity index is 1.82. The first kappa shape index (κ1) is 22.0. The average Bonchev–Trinajstić information content (AvgIpc) is 3.25. The number of hydrogen-bond donors (Lipinski definition) is 0. The minimum atomic E-state index is -0.564. The average molecular weight is 518 g/mol. The summed E-state index contributed by atoms with van der Waals surface area (Å²) in [6, 6.07) is 13.3. The van der Waals surface area contributed by atoms with E-state index in [4.69, 9.17) is 9.84 Å². The fraction of sp³-hybridized carbons (Fsp3) is 0.160. The third kappa shape index (κ3) is 3.67. The lowest BCUT2D eigenvalue weighted by atomic mass is 10.0. The van der Waals surface area contributed by atoms with Crippen LogP contribution in [0.25, 0.3) is 27.7 Å². The van der Waals surface area contributed by atoms with Crippen LogP contribution in [0.5, 0.6) is 0 Å². The molecule has 4 heterocycles. The Bertz CT molecular complexity index is 1590. The zero-order valence-electron chi connectivity index (χ0n) is 18.5. The first-order valence-electron chi connectivity index (χ1n) is 10.7. The van der Waals surface area contributed by atoms with Crippen LogP contribution in [0.3, 0.4) is 0 Å². The SMILES string of the molecule is CCc1nn2c(ncc3c(=O)n(Cc4ccccn4)cc(C(=O)OC)c32)c1-c1ccc(Br)cc1. The number of aromatic nitrogens is 5. The van der Waals surface area contributed by atoms with Gasteiger partial charge in [0.25, 0.3) is 5.56 Å². The van der Waals surface area contributed by atoms with E-state index in [0.717, 1.165) is 21.3 Å². The summed E-state index contributed by atoms with van der Waals surface area (Å²) in [5.41, 5.74) is 4.20. The van der Waals surface area contributed by atoms with Gasteiger partial charge in [-0.3, -0.25) is 9.78 Å². The number of aryl methyl sites for hydroxylation is 1. The van der Waals surface area contributed by atoms with E-state index in [-0.39, 0.29) is 23.1 Å². The Morgan fingerprint density at radius 1 is 1.12 bits per heavy atom. The van der Waals surface area contributed by atoms with Crippen LogP contribution < -0.4 is 5.56 Å². The molecule has 0 unspecified atom stereocenters. The monoisotopic (exact) mass is 517 g/mol. The van der Waals surface area contributed by atoms with Gasteiger partial charge in [0.15, 0.2) is 5.65 Å². The molecule has 8 nitrogen and oxygen atoms in total. The lowest BCUT2D eigenvalue weighted by Gasteiger charge is -2.12. The fourth-order valence-corrected chi connectivity index (χ4v) is 4.34. The van der Waals surface area contributed by atoms with Crippen molar-refractivity contribution in [1.82, 2.24) is 24.1 Å². The molecule has 0 N–H and O–H groups in total. The van der Waals surface area contributed by atoms with E-state index >= 15 is 0 Å². The topological polar surface area (TPSA) is 91.4 Å². The van der Waals surface area contributed by atoms with Crippen LogP contribution in [0, 0.1) is 0 Å². The van der Waals surface area contributed by atoms with Gasteiger partial charge in [-0.15, -0.1) is 0 Å². The van der Waals surface area contributed by atoms with Crippen LogP contribution in [0.15, 0.2) is 70.3 Å². The molecule has 0 aliphatic heterocycles. The smallest absolute Gasteiger partial charge is 0.341 e. The quantitative estimate of drug-likeness (QED) is 0.323. The van der Waals surface area contributed by atoms with Crippen molar-refractivity contribution >= 4 is 38.4 Å². The molecular formula is C25H20BrN5O3. The molecule has 0 aliphatic rings. The van der Waals surface area contributed by atoms with Crippen molar-refractivity contribution in [1.29, 1.82) is 0 Å². The number of carbonyl (C=O) groups is 1. The van der Waals surface area contributed by atoms with Crippen LogP contribution in [0.1, 0.15) is 28.7 Å². The molecule has 1 aromatic carbocycles. The Kier molecular flexibility index (Phi) is 5.70. The highest BCUT2D eigenvalue weighted by Gasteiger charge is 2.23. The number of halogens is 1. The number of esters is 1. The maximum atomic E-state index is 13.4. The number of methoxy groups -OCH3 is 1. The van der Waals surface area contributed by atoms with E-state index in [1.165, 1.54) is 24.1 Å². The molecule has 0 aliphatic carbocycles. The molecule has 34 heavy (non-hydrogen) atoms. The third-order valence-corrected chi connectivity index (χ3v) is 6.21. The Labute approximate surface area is 203 Å². The lowest BCUT2D eigenvalue weighted by molar-refractivity contribution is 0.0601. The number of rotatable bonds is 5. The molecule has 0 spiro atoms. The molecular weight excluding hydrogens is 498 g/mol. The van der Waals surface area contributed by atoms with Crippen LogP contribution in [-0.4, -0.2) is 37.2 Å². The summed E-state index contributed by atoms with van der Waals surface area (Å²) in [6.07, 6.45) is 5.34. The van der Waals surface area contributed by atoms with Gasteiger partial charge in [-0.1, -0.05) is 41.1 Å². The Morgan fingerprint density at radius 3 is 2.59 bits per heavy atom. The molecule has 0 atom stereocenters. The summed E-state index contributed by atoms with van der Waals surface area (Å²) in [5.74, 6) is -0.564. The molecule has 9 heteroatoms. The molecule has 0 radical (unpaired) electrons. The summed E-state index contributed by atoms with van der Waals surface area (Å²) in [7, 11) is 1.31. The van der Waals surface area contributed by atoms with Gasteiger partial charge in [0.2, 0.25) is 0 Å². The zero-order chi connectivity index (χ0) is 23.8.